The van der Waals surface area contributed by atoms with Crippen LogP contribution >= 0.6 is 0 Å². The van der Waals surface area contributed by atoms with Crippen molar-refractivity contribution in [2.75, 3.05) is 6.54 Å². The van der Waals surface area contributed by atoms with Crippen molar-refractivity contribution in [2.24, 2.45) is 5.41 Å². The van der Waals surface area contributed by atoms with Gasteiger partial charge in [0, 0.05) is 36.8 Å². The van der Waals surface area contributed by atoms with Gasteiger partial charge in [-0.15, -0.1) is 0 Å². The molecule has 1 aromatic carbocycles. The molecule has 1 aliphatic heterocycles. The van der Waals surface area contributed by atoms with Crippen molar-refractivity contribution < 1.29 is 24.2 Å². The maximum atomic E-state index is 13.8. The minimum Gasteiger partial charge on any atom is -0.481 e. The predicted octanol–water partition coefficient (Wildman–Crippen LogP) is 3.36. The molecule has 0 fully saturated rings. The van der Waals surface area contributed by atoms with Crippen molar-refractivity contribution in [3.63, 3.8) is 0 Å². The van der Waals surface area contributed by atoms with Crippen molar-refractivity contribution in [1.82, 2.24) is 14.5 Å². The van der Waals surface area contributed by atoms with Gasteiger partial charge in [-0.05, 0) is 62.1 Å². The van der Waals surface area contributed by atoms with Crippen LogP contribution in [0.25, 0.3) is 11.0 Å². The molecular formula is C25H28FN3O4. The van der Waals surface area contributed by atoms with Crippen LogP contribution in [0, 0.1) is 11.2 Å². The molecule has 3 aromatic rings. The van der Waals surface area contributed by atoms with Crippen molar-refractivity contribution in [3.8, 4) is 0 Å². The summed E-state index contributed by atoms with van der Waals surface area (Å²) in [6, 6.07) is 10.4. The molecule has 33 heavy (non-hydrogen) atoms. The van der Waals surface area contributed by atoms with Crippen LogP contribution in [0.5, 0.6) is 0 Å². The molecule has 1 unspecified atom stereocenters. The standard InChI is InChI=1S/C25H28FN3O4/c1-25(2,24(32)33)21(30)8-9-22(31)28-12-10-18-19-7-4-11-27-23(19)29(20(18)15-28)14-16-5-3-6-17(26)13-16/h3-7,11,13,21,30H,8-10,12,14-15H2,1-2H3,(H,32,33). The second-order valence-corrected chi connectivity index (χ2v) is 9.16. The van der Waals surface area contributed by atoms with Gasteiger partial charge in [0.2, 0.25) is 5.91 Å². The molecule has 7 nitrogen and oxygen atoms in total. The number of aliphatic hydroxyl groups is 1. The monoisotopic (exact) mass is 453 g/mol. The molecule has 0 radical (unpaired) electrons. The Bertz CT molecular complexity index is 1200. The van der Waals surface area contributed by atoms with Gasteiger partial charge in [-0.2, -0.15) is 0 Å². The highest BCUT2D eigenvalue weighted by molar-refractivity contribution is 5.84. The van der Waals surface area contributed by atoms with Gasteiger partial charge in [0.15, 0.2) is 0 Å². The molecular weight excluding hydrogens is 425 g/mol. The van der Waals surface area contributed by atoms with E-state index in [1.807, 2.05) is 22.8 Å². The lowest BCUT2D eigenvalue weighted by Gasteiger charge is -2.30. The Morgan fingerprint density at radius 3 is 2.76 bits per heavy atom. The van der Waals surface area contributed by atoms with Gasteiger partial charge in [0.1, 0.15) is 11.5 Å². The zero-order chi connectivity index (χ0) is 23.8. The third kappa shape index (κ3) is 4.48. The minimum atomic E-state index is -1.32. The molecule has 2 N–H and O–H groups in total. The van der Waals surface area contributed by atoms with E-state index in [-0.39, 0.29) is 24.6 Å². The Kier molecular flexibility index (Phi) is 6.21. The Labute approximate surface area is 191 Å². The first-order chi connectivity index (χ1) is 15.7. The number of rotatable bonds is 7. The van der Waals surface area contributed by atoms with Gasteiger partial charge in [0.25, 0.3) is 0 Å². The Morgan fingerprint density at radius 1 is 1.24 bits per heavy atom. The number of nitrogens with zero attached hydrogens (tertiary/aromatic N) is 3. The molecule has 0 saturated carbocycles. The average molecular weight is 454 g/mol. The quantitative estimate of drug-likeness (QED) is 0.572. The lowest BCUT2D eigenvalue weighted by atomic mass is 9.84. The van der Waals surface area contributed by atoms with Gasteiger partial charge in [-0.3, -0.25) is 9.59 Å². The number of carboxylic acid groups (broad SMARTS) is 1. The number of benzene rings is 1. The lowest BCUT2D eigenvalue weighted by molar-refractivity contribution is -0.154. The van der Waals surface area contributed by atoms with Crippen molar-refractivity contribution in [3.05, 3.63) is 65.2 Å². The molecule has 1 aliphatic rings. The van der Waals surface area contributed by atoms with Crippen LogP contribution in [0.4, 0.5) is 4.39 Å². The highest BCUT2D eigenvalue weighted by atomic mass is 19.1. The number of pyridine rings is 1. The SMILES string of the molecule is CC(C)(C(=O)O)C(O)CCC(=O)N1CCc2c(n(Cc3cccc(F)c3)c3ncccc23)C1. The molecule has 0 spiro atoms. The number of halogens is 1. The van der Waals surface area contributed by atoms with Gasteiger partial charge in [-0.25, -0.2) is 9.37 Å². The number of aliphatic hydroxyl groups excluding tert-OH is 1. The summed E-state index contributed by atoms with van der Waals surface area (Å²) >= 11 is 0. The summed E-state index contributed by atoms with van der Waals surface area (Å²) < 4.78 is 15.8. The molecule has 8 heteroatoms. The number of hydrogen-bond acceptors (Lipinski definition) is 4. The third-order valence-electron chi connectivity index (χ3n) is 6.61. The molecule has 3 heterocycles. The van der Waals surface area contributed by atoms with Crippen molar-refractivity contribution >= 4 is 22.9 Å². The van der Waals surface area contributed by atoms with Gasteiger partial charge in [-0.1, -0.05) is 12.1 Å². The van der Waals surface area contributed by atoms with Crippen LogP contribution in [-0.2, 0) is 29.1 Å². The van der Waals surface area contributed by atoms with Gasteiger partial charge in [0.05, 0.1) is 18.1 Å². The largest absolute Gasteiger partial charge is 0.481 e. The molecule has 1 amide bonds. The number of amides is 1. The van der Waals surface area contributed by atoms with Crippen LogP contribution in [0.1, 0.15) is 43.5 Å². The zero-order valence-corrected chi connectivity index (χ0v) is 18.8. The molecule has 1 atom stereocenters. The summed E-state index contributed by atoms with van der Waals surface area (Å²) in [6.07, 6.45) is 1.42. The molecule has 0 saturated heterocycles. The van der Waals surface area contributed by atoms with Crippen LogP contribution < -0.4 is 0 Å². The molecule has 0 aliphatic carbocycles. The van der Waals surface area contributed by atoms with E-state index in [4.69, 9.17) is 0 Å². The number of aliphatic carboxylic acids is 1. The summed E-state index contributed by atoms with van der Waals surface area (Å²) in [7, 11) is 0. The number of aromatic nitrogens is 2. The van der Waals surface area contributed by atoms with Crippen LogP contribution in [0.3, 0.4) is 0 Å². The highest BCUT2D eigenvalue weighted by Crippen LogP contribution is 2.31. The predicted molar refractivity (Wildman–Crippen MR) is 121 cm³/mol. The fourth-order valence-electron chi connectivity index (χ4n) is 4.38. The first kappa shape index (κ1) is 22.9. The van der Waals surface area contributed by atoms with E-state index in [9.17, 15) is 24.2 Å². The van der Waals surface area contributed by atoms with E-state index in [1.54, 1.807) is 17.2 Å². The highest BCUT2D eigenvalue weighted by Gasteiger charge is 2.36. The number of carboxylic acids is 1. The zero-order valence-electron chi connectivity index (χ0n) is 18.8. The summed E-state index contributed by atoms with van der Waals surface area (Å²) in [6.45, 7) is 4.27. The Balaban J connectivity index is 1.56. The Hall–Kier alpha value is -3.26. The topological polar surface area (TPSA) is 95.7 Å². The maximum absolute atomic E-state index is 13.8. The van der Waals surface area contributed by atoms with E-state index < -0.39 is 17.5 Å². The van der Waals surface area contributed by atoms with Gasteiger partial charge < -0.3 is 19.7 Å². The number of hydrogen-bond donors (Lipinski definition) is 2. The summed E-state index contributed by atoms with van der Waals surface area (Å²) in [5.41, 5.74) is 2.41. The second-order valence-electron chi connectivity index (χ2n) is 9.16. The molecule has 2 aromatic heterocycles. The number of carbonyl (C=O) groups excluding carboxylic acids is 1. The van der Waals surface area contributed by atoms with E-state index in [2.05, 4.69) is 4.98 Å². The van der Waals surface area contributed by atoms with Crippen molar-refractivity contribution in [1.29, 1.82) is 0 Å². The number of carbonyl (C=O) groups is 2. The fourth-order valence-corrected chi connectivity index (χ4v) is 4.38. The summed E-state index contributed by atoms with van der Waals surface area (Å²) in [5.74, 6) is -1.53. The summed E-state index contributed by atoms with van der Waals surface area (Å²) in [4.78, 5) is 30.6. The molecule has 0 bridgehead atoms. The third-order valence-corrected chi connectivity index (χ3v) is 6.61. The Morgan fingerprint density at radius 2 is 2.03 bits per heavy atom. The maximum Gasteiger partial charge on any atom is 0.311 e. The van der Waals surface area contributed by atoms with E-state index in [0.717, 1.165) is 27.9 Å². The van der Waals surface area contributed by atoms with E-state index in [0.29, 0.717) is 26.1 Å². The van der Waals surface area contributed by atoms with Crippen LogP contribution in [0.2, 0.25) is 0 Å². The first-order valence-electron chi connectivity index (χ1n) is 11.1. The molecule has 4 rings (SSSR count). The van der Waals surface area contributed by atoms with E-state index in [1.165, 1.54) is 26.0 Å². The smallest absolute Gasteiger partial charge is 0.311 e. The van der Waals surface area contributed by atoms with E-state index >= 15 is 0 Å². The van der Waals surface area contributed by atoms with Crippen molar-refractivity contribution in [2.45, 2.75) is 52.3 Å². The summed E-state index contributed by atoms with van der Waals surface area (Å²) in [5, 5.41) is 20.6. The fraction of sp³-hybridized carbons (Fsp3) is 0.400. The number of fused-ring (bicyclic) bond motifs is 3. The van der Waals surface area contributed by atoms with Gasteiger partial charge >= 0.3 is 5.97 Å². The average Bonchev–Trinajstić information content (AvgIpc) is 3.10. The van der Waals surface area contributed by atoms with Crippen LogP contribution in [-0.4, -0.2) is 49.2 Å². The lowest BCUT2D eigenvalue weighted by Crippen LogP contribution is -2.40. The normalized spacial score (nSPS) is 14.8. The first-order valence-corrected chi connectivity index (χ1v) is 11.1. The molecule has 174 valence electrons. The minimum absolute atomic E-state index is 0.0651. The van der Waals surface area contributed by atoms with Crippen LogP contribution in [0.15, 0.2) is 42.6 Å². The second kappa shape index (κ2) is 8.94.